The van der Waals surface area contributed by atoms with Crippen LogP contribution in [-0.2, 0) is 20.4 Å². The molecular formula is C24H22BrO2S+. The number of carbonyl (C=O) groups is 1. The second-order valence-corrected chi connectivity index (χ2v) is 9.07. The molecule has 3 aromatic carbocycles. The standard InChI is InChI=1S/C24H22BrO2S/c1-27-24(26)16-17-28(22-14-12-21(25)13-15-22)18-23(19-8-4-2-5-9-19)20-10-6-3-7-11-20/h2-15,18H,16-17H2,1H3/q+1. The molecule has 4 heteroatoms. The van der Waals surface area contributed by atoms with Gasteiger partial charge in [-0.3, -0.25) is 4.79 Å². The Morgan fingerprint density at radius 3 is 1.93 bits per heavy atom. The highest BCUT2D eigenvalue weighted by molar-refractivity contribution is 9.10. The van der Waals surface area contributed by atoms with Crippen molar-refractivity contribution in [2.75, 3.05) is 12.9 Å². The Kier molecular flexibility index (Phi) is 7.52. The first-order valence-electron chi connectivity index (χ1n) is 9.02. The minimum Gasteiger partial charge on any atom is -0.469 e. The number of hydrogen-bond donors (Lipinski definition) is 0. The number of ether oxygens (including phenoxy) is 1. The fourth-order valence-corrected chi connectivity index (χ4v) is 5.01. The fraction of sp³-hybridized carbons (Fsp3) is 0.125. The first-order chi connectivity index (χ1) is 13.7. The molecule has 0 aromatic heterocycles. The highest BCUT2D eigenvalue weighted by Crippen LogP contribution is 2.28. The number of methoxy groups -OCH3 is 1. The van der Waals surface area contributed by atoms with Crippen LogP contribution in [0, 0.1) is 0 Å². The van der Waals surface area contributed by atoms with Gasteiger partial charge in [0.15, 0.2) is 4.90 Å². The van der Waals surface area contributed by atoms with Gasteiger partial charge < -0.3 is 4.74 Å². The van der Waals surface area contributed by atoms with E-state index in [1.54, 1.807) is 0 Å². The summed E-state index contributed by atoms with van der Waals surface area (Å²) in [6.07, 6.45) is 0.392. The minimum absolute atomic E-state index is 0.177. The van der Waals surface area contributed by atoms with Crippen LogP contribution < -0.4 is 0 Å². The van der Waals surface area contributed by atoms with Gasteiger partial charge in [-0.15, -0.1) is 0 Å². The van der Waals surface area contributed by atoms with Crippen LogP contribution in [0.2, 0.25) is 0 Å². The SMILES string of the molecule is COC(=O)CC[S+](C=C(c1ccccc1)c1ccccc1)c1ccc(Br)cc1. The molecule has 0 bridgehead atoms. The summed E-state index contributed by atoms with van der Waals surface area (Å²) >= 11 is 3.51. The first kappa shape index (κ1) is 20.4. The van der Waals surface area contributed by atoms with Crippen LogP contribution in [0.3, 0.4) is 0 Å². The van der Waals surface area contributed by atoms with Crippen molar-refractivity contribution in [3.63, 3.8) is 0 Å². The monoisotopic (exact) mass is 453 g/mol. The summed E-state index contributed by atoms with van der Waals surface area (Å²) in [6, 6.07) is 29.1. The minimum atomic E-state index is -0.233. The summed E-state index contributed by atoms with van der Waals surface area (Å²) in [6.45, 7) is 0. The molecule has 142 valence electrons. The predicted molar refractivity (Wildman–Crippen MR) is 121 cm³/mol. The van der Waals surface area contributed by atoms with Crippen LogP contribution in [0.1, 0.15) is 17.5 Å². The van der Waals surface area contributed by atoms with Crippen molar-refractivity contribution in [2.45, 2.75) is 11.3 Å². The van der Waals surface area contributed by atoms with Crippen molar-refractivity contribution >= 4 is 38.4 Å². The Balaban J connectivity index is 2.04. The largest absolute Gasteiger partial charge is 0.469 e. The maximum Gasteiger partial charge on any atom is 0.310 e. The highest BCUT2D eigenvalue weighted by Gasteiger charge is 2.23. The summed E-state index contributed by atoms with van der Waals surface area (Å²) in [5, 5.41) is 2.30. The van der Waals surface area contributed by atoms with E-state index in [0.29, 0.717) is 6.42 Å². The molecule has 28 heavy (non-hydrogen) atoms. The van der Waals surface area contributed by atoms with Crippen LogP contribution >= 0.6 is 15.9 Å². The Bertz CT molecular complexity index is 880. The predicted octanol–water partition coefficient (Wildman–Crippen LogP) is 6.08. The van der Waals surface area contributed by atoms with Gasteiger partial charge in [0.05, 0.1) is 24.4 Å². The Morgan fingerprint density at radius 1 is 0.893 bits per heavy atom. The van der Waals surface area contributed by atoms with E-state index in [0.717, 1.165) is 10.2 Å². The third kappa shape index (κ3) is 5.60. The Hall–Kier alpha value is -2.30. The average molecular weight is 454 g/mol. The molecule has 0 aliphatic rings. The number of halogens is 1. The van der Waals surface area contributed by atoms with Gasteiger partial charge in [0.2, 0.25) is 0 Å². The Morgan fingerprint density at radius 2 is 1.43 bits per heavy atom. The molecule has 0 spiro atoms. The van der Waals surface area contributed by atoms with Crippen molar-refractivity contribution in [3.8, 4) is 0 Å². The summed E-state index contributed by atoms with van der Waals surface area (Å²) in [4.78, 5) is 13.0. The molecule has 0 N–H and O–H groups in total. The molecule has 0 aliphatic heterocycles. The van der Waals surface area contributed by atoms with Crippen LogP contribution in [0.5, 0.6) is 0 Å². The van der Waals surface area contributed by atoms with Crippen LogP contribution in [-0.4, -0.2) is 18.8 Å². The van der Waals surface area contributed by atoms with E-state index in [2.05, 4.69) is 82.0 Å². The van der Waals surface area contributed by atoms with E-state index < -0.39 is 0 Å². The van der Waals surface area contributed by atoms with Crippen LogP contribution in [0.15, 0.2) is 99.7 Å². The normalized spacial score (nSPS) is 11.5. The molecule has 2 nitrogen and oxygen atoms in total. The summed E-state index contributed by atoms with van der Waals surface area (Å²) in [7, 11) is 1.21. The molecule has 1 atom stereocenters. The molecule has 0 fully saturated rings. The zero-order valence-electron chi connectivity index (χ0n) is 15.7. The van der Waals surface area contributed by atoms with Crippen LogP contribution in [0.4, 0.5) is 0 Å². The summed E-state index contributed by atoms with van der Waals surface area (Å²) in [5.41, 5.74) is 3.51. The maximum absolute atomic E-state index is 11.8. The zero-order valence-corrected chi connectivity index (χ0v) is 18.1. The lowest BCUT2D eigenvalue weighted by atomic mass is 10.00. The maximum atomic E-state index is 11.8. The van der Waals surface area contributed by atoms with E-state index in [1.165, 1.54) is 28.7 Å². The third-order valence-corrected chi connectivity index (χ3v) is 6.87. The summed E-state index contributed by atoms with van der Waals surface area (Å²) in [5.74, 6) is 0.543. The molecule has 0 amide bonds. The van der Waals surface area contributed by atoms with Crippen molar-refractivity contribution < 1.29 is 9.53 Å². The highest BCUT2D eigenvalue weighted by atomic mass is 79.9. The molecule has 0 saturated carbocycles. The number of carbonyl (C=O) groups excluding carboxylic acids is 1. The van der Waals surface area contributed by atoms with E-state index in [1.807, 2.05) is 24.3 Å². The van der Waals surface area contributed by atoms with E-state index in [-0.39, 0.29) is 16.9 Å². The molecule has 0 saturated heterocycles. The second-order valence-electron chi connectivity index (χ2n) is 6.18. The second kappa shape index (κ2) is 10.3. The van der Waals surface area contributed by atoms with Crippen molar-refractivity contribution in [1.82, 2.24) is 0 Å². The number of esters is 1. The molecule has 0 radical (unpaired) electrons. The molecule has 1 unspecified atom stereocenters. The van der Waals surface area contributed by atoms with Gasteiger partial charge in [0.1, 0.15) is 11.2 Å². The smallest absolute Gasteiger partial charge is 0.310 e. The zero-order chi connectivity index (χ0) is 19.8. The van der Waals surface area contributed by atoms with Gasteiger partial charge >= 0.3 is 5.97 Å². The van der Waals surface area contributed by atoms with Gasteiger partial charge in [0.25, 0.3) is 0 Å². The number of rotatable bonds is 7. The van der Waals surface area contributed by atoms with Gasteiger partial charge in [-0.05, 0) is 35.4 Å². The van der Waals surface area contributed by atoms with Crippen LogP contribution in [0.25, 0.3) is 5.57 Å². The average Bonchev–Trinajstić information content (AvgIpc) is 2.75. The van der Waals surface area contributed by atoms with Gasteiger partial charge in [0, 0.05) is 10.0 Å². The lowest BCUT2D eigenvalue weighted by molar-refractivity contribution is -0.140. The topological polar surface area (TPSA) is 26.3 Å². The molecule has 3 rings (SSSR count). The van der Waals surface area contributed by atoms with Gasteiger partial charge in [-0.25, -0.2) is 0 Å². The van der Waals surface area contributed by atoms with Crippen molar-refractivity contribution in [3.05, 3.63) is 106 Å². The van der Waals surface area contributed by atoms with E-state index >= 15 is 0 Å². The quantitative estimate of drug-likeness (QED) is 0.320. The molecular weight excluding hydrogens is 432 g/mol. The number of hydrogen-bond acceptors (Lipinski definition) is 2. The third-order valence-electron chi connectivity index (χ3n) is 4.30. The van der Waals surface area contributed by atoms with Crippen molar-refractivity contribution in [1.29, 1.82) is 0 Å². The number of benzene rings is 3. The summed E-state index contributed by atoms with van der Waals surface area (Å²) < 4.78 is 5.91. The van der Waals surface area contributed by atoms with Crippen molar-refractivity contribution in [2.24, 2.45) is 0 Å². The lowest BCUT2D eigenvalue weighted by Crippen LogP contribution is -2.12. The fourth-order valence-electron chi connectivity index (χ4n) is 2.83. The van der Waals surface area contributed by atoms with Gasteiger partial charge in [-0.1, -0.05) is 76.6 Å². The lowest BCUT2D eigenvalue weighted by Gasteiger charge is -2.10. The van der Waals surface area contributed by atoms with Gasteiger partial charge in [-0.2, -0.15) is 0 Å². The molecule has 0 aliphatic carbocycles. The van der Waals surface area contributed by atoms with E-state index in [4.69, 9.17) is 4.74 Å². The molecule has 0 heterocycles. The molecule has 3 aromatic rings. The van der Waals surface area contributed by atoms with E-state index in [9.17, 15) is 4.79 Å². The first-order valence-corrected chi connectivity index (χ1v) is 11.3. The Labute approximate surface area is 177 Å².